The number of hydrogen-bond acceptors (Lipinski definition) is 3. The van der Waals surface area contributed by atoms with Gasteiger partial charge in [-0.1, -0.05) is 23.7 Å². The number of piperidine rings is 1. The van der Waals surface area contributed by atoms with Crippen molar-refractivity contribution < 1.29 is 4.79 Å². The zero-order valence-electron chi connectivity index (χ0n) is 13.5. The summed E-state index contributed by atoms with van der Waals surface area (Å²) in [5.41, 5.74) is 2.75. The van der Waals surface area contributed by atoms with Gasteiger partial charge in [-0.25, -0.2) is 0 Å². The highest BCUT2D eigenvalue weighted by Crippen LogP contribution is 2.34. The predicted octanol–water partition coefficient (Wildman–Crippen LogP) is 3.86. The standard InChI is InChI=1S/C19H17ClIN3O/c20-13-4-5-16-15(11-13)17(12-2-1-3-14(21)10-12)24-19(18(25)23-16)6-8-22-9-7-19/h1-5,10-11,22H,6-9H2,(H,23,25). The van der Waals surface area contributed by atoms with Crippen LogP contribution in [-0.2, 0) is 4.79 Å². The second-order valence-corrected chi connectivity index (χ2v) is 8.08. The molecule has 6 heteroatoms. The first-order valence-corrected chi connectivity index (χ1v) is 9.71. The Labute approximate surface area is 165 Å². The minimum atomic E-state index is -0.729. The van der Waals surface area contributed by atoms with E-state index in [9.17, 15) is 4.79 Å². The molecule has 0 saturated carbocycles. The lowest BCUT2D eigenvalue weighted by Gasteiger charge is -2.32. The molecule has 4 nitrogen and oxygen atoms in total. The van der Waals surface area contributed by atoms with Gasteiger partial charge in [0.2, 0.25) is 0 Å². The topological polar surface area (TPSA) is 53.5 Å². The third-order valence-corrected chi connectivity index (χ3v) is 5.67. The van der Waals surface area contributed by atoms with E-state index in [0.717, 1.165) is 39.2 Å². The zero-order valence-corrected chi connectivity index (χ0v) is 16.4. The number of benzene rings is 2. The average Bonchev–Trinajstić information content (AvgIpc) is 2.72. The SMILES string of the molecule is O=C1Nc2ccc(Cl)cc2C(c2cccc(I)c2)=NC12CCNCC2. The van der Waals surface area contributed by atoms with Crippen LogP contribution in [0.15, 0.2) is 47.5 Å². The van der Waals surface area contributed by atoms with E-state index in [0.29, 0.717) is 17.9 Å². The molecule has 0 aliphatic carbocycles. The van der Waals surface area contributed by atoms with Gasteiger partial charge < -0.3 is 10.6 Å². The number of rotatable bonds is 1. The third-order valence-electron chi connectivity index (χ3n) is 4.76. The lowest BCUT2D eigenvalue weighted by molar-refractivity contribution is -0.121. The van der Waals surface area contributed by atoms with Gasteiger partial charge >= 0.3 is 0 Å². The van der Waals surface area contributed by atoms with E-state index in [1.54, 1.807) is 6.07 Å². The maximum Gasteiger partial charge on any atom is 0.252 e. The van der Waals surface area contributed by atoms with E-state index in [4.69, 9.17) is 16.6 Å². The van der Waals surface area contributed by atoms with Crippen molar-refractivity contribution in [2.75, 3.05) is 18.4 Å². The number of halogens is 2. The van der Waals surface area contributed by atoms with E-state index >= 15 is 0 Å². The van der Waals surface area contributed by atoms with Crippen molar-refractivity contribution in [3.05, 3.63) is 62.2 Å². The van der Waals surface area contributed by atoms with E-state index in [2.05, 4.69) is 39.3 Å². The van der Waals surface area contributed by atoms with Crippen molar-refractivity contribution in [2.45, 2.75) is 18.4 Å². The van der Waals surface area contributed by atoms with Crippen molar-refractivity contribution in [1.29, 1.82) is 0 Å². The van der Waals surface area contributed by atoms with Gasteiger partial charge in [-0.3, -0.25) is 9.79 Å². The Balaban J connectivity index is 1.95. The second kappa shape index (κ2) is 6.70. The molecule has 1 spiro atoms. The van der Waals surface area contributed by atoms with Crippen LogP contribution in [0.2, 0.25) is 5.02 Å². The summed E-state index contributed by atoms with van der Waals surface area (Å²) in [6.45, 7) is 1.57. The van der Waals surface area contributed by atoms with E-state index in [1.807, 2.05) is 30.3 Å². The number of anilines is 1. The van der Waals surface area contributed by atoms with Gasteiger partial charge in [0.15, 0.2) is 0 Å². The summed E-state index contributed by atoms with van der Waals surface area (Å²) in [6, 6.07) is 13.7. The molecule has 1 fully saturated rings. The Morgan fingerprint density at radius 1 is 1.12 bits per heavy atom. The fraction of sp³-hybridized carbons (Fsp3) is 0.263. The van der Waals surface area contributed by atoms with Gasteiger partial charge in [0, 0.05) is 19.7 Å². The quantitative estimate of drug-likeness (QED) is 0.629. The lowest BCUT2D eigenvalue weighted by atomic mass is 9.87. The van der Waals surface area contributed by atoms with Crippen molar-refractivity contribution >= 4 is 51.5 Å². The third kappa shape index (κ3) is 3.20. The first-order valence-electron chi connectivity index (χ1n) is 8.25. The van der Waals surface area contributed by atoms with Gasteiger partial charge in [0.05, 0.1) is 11.4 Å². The highest BCUT2D eigenvalue weighted by molar-refractivity contribution is 14.1. The summed E-state index contributed by atoms with van der Waals surface area (Å²) < 4.78 is 1.13. The van der Waals surface area contributed by atoms with Crippen LogP contribution in [0.4, 0.5) is 5.69 Å². The lowest BCUT2D eigenvalue weighted by Crippen LogP contribution is -2.49. The van der Waals surface area contributed by atoms with Crippen LogP contribution in [0.5, 0.6) is 0 Å². The summed E-state index contributed by atoms with van der Waals surface area (Å²) in [4.78, 5) is 18.0. The summed E-state index contributed by atoms with van der Waals surface area (Å²) in [5, 5.41) is 7.03. The number of hydrogen-bond donors (Lipinski definition) is 2. The summed E-state index contributed by atoms with van der Waals surface area (Å²) >= 11 is 8.54. The highest BCUT2D eigenvalue weighted by atomic mass is 127. The molecule has 2 aliphatic heterocycles. The van der Waals surface area contributed by atoms with Gasteiger partial charge in [0.25, 0.3) is 5.91 Å². The molecule has 0 unspecified atom stereocenters. The molecule has 0 bridgehead atoms. The Bertz CT molecular complexity index is 875. The Hall–Kier alpha value is -1.44. The molecule has 2 N–H and O–H groups in total. The Morgan fingerprint density at radius 2 is 1.92 bits per heavy atom. The molecule has 2 aromatic carbocycles. The molecule has 2 heterocycles. The Kier molecular flexibility index (Phi) is 4.56. The molecule has 128 valence electrons. The van der Waals surface area contributed by atoms with Crippen LogP contribution < -0.4 is 10.6 Å². The van der Waals surface area contributed by atoms with Crippen LogP contribution in [-0.4, -0.2) is 30.2 Å². The minimum Gasteiger partial charge on any atom is -0.323 e. The highest BCUT2D eigenvalue weighted by Gasteiger charge is 2.42. The molecule has 2 aromatic rings. The molecular formula is C19H17ClIN3O. The molecule has 2 aliphatic rings. The number of fused-ring (bicyclic) bond motifs is 1. The van der Waals surface area contributed by atoms with Crippen LogP contribution in [0.3, 0.4) is 0 Å². The van der Waals surface area contributed by atoms with Crippen LogP contribution >= 0.6 is 34.2 Å². The maximum atomic E-state index is 13.0. The minimum absolute atomic E-state index is 0.0294. The van der Waals surface area contributed by atoms with Crippen LogP contribution in [0.25, 0.3) is 0 Å². The van der Waals surface area contributed by atoms with Crippen molar-refractivity contribution in [3.63, 3.8) is 0 Å². The number of amides is 1. The number of aliphatic imine (C=N–C) groups is 1. The summed E-state index contributed by atoms with van der Waals surface area (Å²) in [7, 11) is 0. The molecule has 1 amide bonds. The smallest absolute Gasteiger partial charge is 0.252 e. The molecule has 0 atom stereocenters. The van der Waals surface area contributed by atoms with Gasteiger partial charge in [0.1, 0.15) is 5.54 Å². The van der Waals surface area contributed by atoms with Crippen LogP contribution in [0.1, 0.15) is 24.0 Å². The summed E-state index contributed by atoms with van der Waals surface area (Å²) in [6.07, 6.45) is 1.38. The molecule has 4 rings (SSSR count). The largest absolute Gasteiger partial charge is 0.323 e. The number of nitrogens with one attached hydrogen (secondary N) is 2. The zero-order chi connectivity index (χ0) is 17.4. The number of nitrogens with zero attached hydrogens (tertiary/aromatic N) is 1. The predicted molar refractivity (Wildman–Crippen MR) is 110 cm³/mol. The fourth-order valence-electron chi connectivity index (χ4n) is 3.42. The second-order valence-electron chi connectivity index (χ2n) is 6.40. The van der Waals surface area contributed by atoms with Gasteiger partial charge in [-0.05, 0) is 78.9 Å². The van der Waals surface area contributed by atoms with Crippen LogP contribution in [0, 0.1) is 3.57 Å². The molecular weight excluding hydrogens is 449 g/mol. The van der Waals surface area contributed by atoms with Gasteiger partial charge in [-0.2, -0.15) is 0 Å². The normalized spacial score (nSPS) is 19.0. The first kappa shape index (κ1) is 17.0. The number of carbonyl (C=O) groups is 1. The van der Waals surface area contributed by atoms with Crippen molar-refractivity contribution in [1.82, 2.24) is 5.32 Å². The van der Waals surface area contributed by atoms with E-state index in [-0.39, 0.29) is 5.91 Å². The van der Waals surface area contributed by atoms with Gasteiger partial charge in [-0.15, -0.1) is 0 Å². The van der Waals surface area contributed by atoms with E-state index in [1.165, 1.54) is 0 Å². The monoisotopic (exact) mass is 465 g/mol. The first-order chi connectivity index (χ1) is 12.1. The summed E-state index contributed by atoms with van der Waals surface area (Å²) in [5.74, 6) is -0.0294. The van der Waals surface area contributed by atoms with Crippen molar-refractivity contribution in [2.24, 2.45) is 4.99 Å². The van der Waals surface area contributed by atoms with Crippen molar-refractivity contribution in [3.8, 4) is 0 Å². The molecule has 1 saturated heterocycles. The molecule has 25 heavy (non-hydrogen) atoms. The molecule has 0 aromatic heterocycles. The Morgan fingerprint density at radius 3 is 2.68 bits per heavy atom. The fourth-order valence-corrected chi connectivity index (χ4v) is 4.14. The van der Waals surface area contributed by atoms with E-state index < -0.39 is 5.54 Å². The maximum absolute atomic E-state index is 13.0. The average molecular weight is 466 g/mol. The number of carbonyl (C=O) groups excluding carboxylic acids is 1. The molecule has 0 radical (unpaired) electrons.